The van der Waals surface area contributed by atoms with Crippen molar-refractivity contribution in [2.24, 2.45) is 0 Å². The van der Waals surface area contributed by atoms with Gasteiger partial charge in [0.15, 0.2) is 0 Å². The van der Waals surface area contributed by atoms with Gasteiger partial charge >= 0.3 is 0 Å². The zero-order valence-corrected chi connectivity index (χ0v) is 33.1. The summed E-state index contributed by atoms with van der Waals surface area (Å²) in [7, 11) is 0. The Labute approximate surface area is 346 Å². The number of nitrogens with zero attached hydrogens (tertiary/aromatic N) is 3. The third-order valence-corrected chi connectivity index (χ3v) is 11.1. The van der Waals surface area contributed by atoms with E-state index in [0.29, 0.717) is 11.3 Å². The van der Waals surface area contributed by atoms with E-state index in [0.717, 1.165) is 67.4 Å². The summed E-state index contributed by atoms with van der Waals surface area (Å²) in [5.74, 6) is 0.970. The van der Waals surface area contributed by atoms with Gasteiger partial charge in [0, 0.05) is 39.6 Å². The molecule has 0 unspecified atom stereocenters. The van der Waals surface area contributed by atoms with E-state index in [9.17, 15) is 5.11 Å². The SMILES string of the molecule is CC(C)(c1ccccc1)c1cc(-c2cc(-c3ccccc3)cc(-c3ccccc3O)n2)cc(N(c2ccccn2)c2c(-c3ccccc3)cccc2-c2ccccc2)c1. The van der Waals surface area contributed by atoms with E-state index >= 15 is 0 Å². The van der Waals surface area contributed by atoms with Crippen LogP contribution in [0.1, 0.15) is 25.0 Å². The second-order valence-corrected chi connectivity index (χ2v) is 15.2. The number of pyridine rings is 2. The van der Waals surface area contributed by atoms with E-state index in [1.165, 1.54) is 5.56 Å². The maximum atomic E-state index is 11.1. The van der Waals surface area contributed by atoms with Crippen LogP contribution in [0.2, 0.25) is 0 Å². The smallest absolute Gasteiger partial charge is 0.137 e. The van der Waals surface area contributed by atoms with Crippen molar-refractivity contribution in [1.29, 1.82) is 0 Å². The first-order chi connectivity index (χ1) is 28.9. The van der Waals surface area contributed by atoms with E-state index in [1.807, 2.05) is 42.6 Å². The van der Waals surface area contributed by atoms with Crippen LogP contribution in [0.5, 0.6) is 5.75 Å². The molecule has 0 saturated carbocycles. The predicted octanol–water partition coefficient (Wildman–Crippen LogP) is 14.3. The quantitative estimate of drug-likeness (QED) is 0.151. The molecule has 0 radical (unpaired) electrons. The highest BCUT2D eigenvalue weighted by atomic mass is 16.3. The first-order valence-corrected chi connectivity index (χ1v) is 20.0. The Kier molecular flexibility index (Phi) is 10.1. The van der Waals surface area contributed by atoms with Gasteiger partial charge in [-0.05, 0) is 88.0 Å². The molecule has 0 amide bonds. The van der Waals surface area contributed by atoms with Crippen molar-refractivity contribution in [3.05, 3.63) is 230 Å². The lowest BCUT2D eigenvalue weighted by molar-refractivity contribution is 0.477. The molecular weight excluding hydrogens is 719 g/mol. The summed E-state index contributed by atoms with van der Waals surface area (Å²) in [6, 6.07) is 73.3. The van der Waals surface area contributed by atoms with E-state index in [2.05, 4.69) is 189 Å². The average Bonchev–Trinajstić information content (AvgIpc) is 3.30. The molecule has 4 heteroatoms. The zero-order chi connectivity index (χ0) is 40.2. The third-order valence-electron chi connectivity index (χ3n) is 11.1. The normalized spacial score (nSPS) is 11.3. The first-order valence-electron chi connectivity index (χ1n) is 20.0. The minimum absolute atomic E-state index is 0.183. The topological polar surface area (TPSA) is 49.3 Å². The van der Waals surface area contributed by atoms with Crippen molar-refractivity contribution in [3.8, 4) is 61.6 Å². The number of para-hydroxylation sites is 2. The Morgan fingerprint density at radius 1 is 0.424 bits per heavy atom. The molecule has 7 aromatic carbocycles. The Hall–Kier alpha value is -7.56. The number of aromatic nitrogens is 2. The summed E-state index contributed by atoms with van der Waals surface area (Å²) in [4.78, 5) is 12.7. The van der Waals surface area contributed by atoms with Crippen LogP contribution in [0.15, 0.2) is 219 Å². The molecule has 9 aromatic rings. The molecule has 0 saturated heterocycles. The fourth-order valence-corrected chi connectivity index (χ4v) is 7.92. The Morgan fingerprint density at radius 2 is 0.966 bits per heavy atom. The molecule has 0 bridgehead atoms. The largest absolute Gasteiger partial charge is 0.507 e. The van der Waals surface area contributed by atoms with Crippen molar-refractivity contribution >= 4 is 17.2 Å². The lowest BCUT2D eigenvalue weighted by atomic mass is 9.77. The summed E-state index contributed by atoms with van der Waals surface area (Å²) in [5, 5.41) is 11.1. The lowest BCUT2D eigenvalue weighted by Gasteiger charge is -2.32. The number of phenols is 1. The molecule has 4 nitrogen and oxygen atoms in total. The van der Waals surface area contributed by atoms with Gasteiger partial charge in [-0.3, -0.25) is 4.90 Å². The second kappa shape index (κ2) is 16.1. The van der Waals surface area contributed by atoms with E-state index in [1.54, 1.807) is 6.07 Å². The number of aromatic hydroxyl groups is 1. The van der Waals surface area contributed by atoms with Gasteiger partial charge in [0.05, 0.1) is 17.1 Å². The molecule has 9 rings (SSSR count). The van der Waals surface area contributed by atoms with E-state index < -0.39 is 5.41 Å². The van der Waals surface area contributed by atoms with Gasteiger partial charge in [0.25, 0.3) is 0 Å². The van der Waals surface area contributed by atoms with E-state index in [4.69, 9.17) is 9.97 Å². The van der Waals surface area contributed by atoms with Crippen LogP contribution in [0.4, 0.5) is 17.2 Å². The van der Waals surface area contributed by atoms with Crippen molar-refractivity contribution < 1.29 is 5.11 Å². The Balaban J connectivity index is 1.37. The predicted molar refractivity (Wildman–Crippen MR) is 244 cm³/mol. The van der Waals surface area contributed by atoms with Crippen LogP contribution in [-0.4, -0.2) is 15.1 Å². The molecule has 0 fully saturated rings. The van der Waals surface area contributed by atoms with Gasteiger partial charge in [-0.25, -0.2) is 9.97 Å². The van der Waals surface area contributed by atoms with Gasteiger partial charge in [0.2, 0.25) is 0 Å². The molecular formula is C55H43N3O. The van der Waals surface area contributed by atoms with Gasteiger partial charge in [0.1, 0.15) is 11.6 Å². The molecule has 2 aromatic heterocycles. The maximum absolute atomic E-state index is 11.1. The molecule has 0 atom stereocenters. The van der Waals surface area contributed by atoms with Crippen molar-refractivity contribution in [1.82, 2.24) is 9.97 Å². The van der Waals surface area contributed by atoms with Gasteiger partial charge in [-0.1, -0.05) is 172 Å². The standard InChI is InChI=1S/C55H43N3O/c1-55(2,44-26-13-6-14-27-44)45-34-43(50-36-42(39-20-7-3-8-21-39)37-51(57-50)49-28-15-16-31-52(49)59)35-46(38-45)58(53-32-17-18-33-56-53)54-47(40-22-9-4-10-23-40)29-19-30-48(54)41-24-11-5-12-25-41/h3-38,59H,1-2H3. The monoisotopic (exact) mass is 761 g/mol. The number of benzene rings is 7. The van der Waals surface area contributed by atoms with Crippen LogP contribution in [0.3, 0.4) is 0 Å². The second-order valence-electron chi connectivity index (χ2n) is 15.2. The third kappa shape index (κ3) is 7.52. The highest BCUT2D eigenvalue weighted by Gasteiger charge is 2.28. The molecule has 59 heavy (non-hydrogen) atoms. The highest BCUT2D eigenvalue weighted by molar-refractivity contribution is 5.97. The summed E-state index contributed by atoms with van der Waals surface area (Å²) in [5.41, 5.74) is 13.4. The Morgan fingerprint density at radius 3 is 1.58 bits per heavy atom. The summed E-state index contributed by atoms with van der Waals surface area (Å²) in [6.45, 7) is 4.57. The molecule has 2 heterocycles. The number of rotatable bonds is 10. The van der Waals surface area contributed by atoms with Gasteiger partial charge in [-0.15, -0.1) is 0 Å². The number of hydrogen-bond acceptors (Lipinski definition) is 4. The minimum atomic E-state index is -0.402. The maximum Gasteiger partial charge on any atom is 0.137 e. The van der Waals surface area contributed by atoms with Gasteiger partial charge in [-0.2, -0.15) is 0 Å². The van der Waals surface area contributed by atoms with Crippen molar-refractivity contribution in [2.75, 3.05) is 4.90 Å². The highest BCUT2D eigenvalue weighted by Crippen LogP contribution is 2.48. The van der Waals surface area contributed by atoms with Crippen LogP contribution < -0.4 is 4.90 Å². The first kappa shape index (κ1) is 37.0. The fourth-order valence-electron chi connectivity index (χ4n) is 7.92. The molecule has 1 N–H and O–H groups in total. The van der Waals surface area contributed by atoms with Gasteiger partial charge < -0.3 is 5.11 Å². The van der Waals surface area contributed by atoms with Crippen molar-refractivity contribution in [2.45, 2.75) is 19.3 Å². The zero-order valence-electron chi connectivity index (χ0n) is 33.1. The average molecular weight is 762 g/mol. The minimum Gasteiger partial charge on any atom is -0.507 e. The lowest BCUT2D eigenvalue weighted by Crippen LogP contribution is -2.20. The number of anilines is 3. The molecule has 0 aliphatic heterocycles. The van der Waals surface area contributed by atoms with Crippen molar-refractivity contribution in [3.63, 3.8) is 0 Å². The summed E-state index contributed by atoms with van der Waals surface area (Å²) in [6.07, 6.45) is 1.86. The number of hydrogen-bond donors (Lipinski definition) is 1. The summed E-state index contributed by atoms with van der Waals surface area (Å²) >= 11 is 0. The Bertz CT molecular complexity index is 2780. The molecule has 284 valence electrons. The van der Waals surface area contributed by atoms with Crippen LogP contribution in [-0.2, 0) is 5.41 Å². The molecule has 0 spiro atoms. The van der Waals surface area contributed by atoms with Crippen LogP contribution >= 0.6 is 0 Å². The number of phenolic OH excluding ortho intramolecular Hbond substituents is 1. The fraction of sp³-hybridized carbons (Fsp3) is 0.0545. The van der Waals surface area contributed by atoms with Crippen LogP contribution in [0, 0.1) is 0 Å². The summed E-state index contributed by atoms with van der Waals surface area (Å²) < 4.78 is 0. The molecule has 0 aliphatic rings. The molecule has 0 aliphatic carbocycles. The van der Waals surface area contributed by atoms with E-state index in [-0.39, 0.29) is 5.75 Å². The van der Waals surface area contributed by atoms with Crippen LogP contribution in [0.25, 0.3) is 55.9 Å².